The van der Waals surface area contributed by atoms with Gasteiger partial charge in [0, 0.05) is 50.3 Å². The molecule has 2 fully saturated rings. The van der Waals surface area contributed by atoms with Gasteiger partial charge in [-0.1, -0.05) is 42.5 Å². The molecular weight excluding hydrogens is 496 g/mol. The number of anilines is 1. The molecule has 39 heavy (non-hydrogen) atoms. The number of hydrogen-bond acceptors (Lipinski definition) is 6. The molecule has 9 nitrogen and oxygen atoms in total. The second kappa shape index (κ2) is 9.81. The van der Waals surface area contributed by atoms with Crippen LogP contribution in [0.15, 0.2) is 77.6 Å². The van der Waals surface area contributed by atoms with Crippen LogP contribution < -0.4 is 20.5 Å². The summed E-state index contributed by atoms with van der Waals surface area (Å²) in [6.07, 6.45) is 1.02. The fourth-order valence-corrected chi connectivity index (χ4v) is 6.52. The molecule has 0 saturated carbocycles. The third-order valence-corrected chi connectivity index (χ3v) is 8.22. The van der Waals surface area contributed by atoms with E-state index >= 15 is 0 Å². The van der Waals surface area contributed by atoms with Gasteiger partial charge < -0.3 is 14.2 Å². The number of likely N-dealkylation sites (tertiary alicyclic amines) is 1. The summed E-state index contributed by atoms with van der Waals surface area (Å²) in [5.74, 6) is -0.260. The Hall–Kier alpha value is -4.24. The van der Waals surface area contributed by atoms with Gasteiger partial charge in [-0.3, -0.25) is 19.7 Å². The lowest BCUT2D eigenvalue weighted by Crippen LogP contribution is -2.68. The quantitative estimate of drug-likeness (QED) is 0.496. The third-order valence-electron chi connectivity index (χ3n) is 8.22. The van der Waals surface area contributed by atoms with Crippen molar-refractivity contribution in [3.8, 4) is 5.75 Å². The Balaban J connectivity index is 1.40. The number of carbonyl (C=O) groups excluding carboxylic acids is 3. The fraction of sp³-hybridized carbons (Fsp3) is 0.333. The zero-order valence-corrected chi connectivity index (χ0v) is 21.7. The Morgan fingerprint density at radius 1 is 0.897 bits per heavy atom. The highest BCUT2D eigenvalue weighted by atomic mass is 16.5. The second-order valence-corrected chi connectivity index (χ2v) is 10.7. The molecule has 2 saturated heterocycles. The number of piperidine rings is 1. The Morgan fingerprint density at radius 3 is 2.46 bits per heavy atom. The van der Waals surface area contributed by atoms with Crippen LogP contribution in [0.2, 0.25) is 0 Å². The normalized spacial score (nSPS) is 24.7. The summed E-state index contributed by atoms with van der Waals surface area (Å²) in [6.45, 7) is 1.99. The Morgan fingerprint density at radius 2 is 1.67 bits per heavy atom. The maximum absolute atomic E-state index is 14.4. The predicted octanol–water partition coefficient (Wildman–Crippen LogP) is 2.79. The van der Waals surface area contributed by atoms with Gasteiger partial charge >= 0.3 is 6.03 Å². The number of para-hydroxylation sites is 2. The van der Waals surface area contributed by atoms with Crippen LogP contribution in [-0.2, 0) is 22.6 Å². The van der Waals surface area contributed by atoms with Crippen LogP contribution in [0.1, 0.15) is 23.6 Å². The Labute approximate surface area is 226 Å². The molecular formula is C30H30N4O5. The fourth-order valence-electron chi connectivity index (χ4n) is 6.52. The molecule has 4 heterocycles. The number of aromatic nitrogens is 1. The van der Waals surface area contributed by atoms with Gasteiger partial charge in [0.1, 0.15) is 11.2 Å². The van der Waals surface area contributed by atoms with Gasteiger partial charge in [-0.2, -0.15) is 0 Å². The number of pyridine rings is 1. The number of nitrogens with zero attached hydrogens (tertiary/aromatic N) is 3. The molecule has 0 radical (unpaired) electrons. The number of carbonyl (C=O) groups is 3. The minimum Gasteiger partial charge on any atom is -0.496 e. The van der Waals surface area contributed by atoms with E-state index in [4.69, 9.17) is 4.74 Å². The summed E-state index contributed by atoms with van der Waals surface area (Å²) in [5.41, 5.74) is 0.533. The minimum atomic E-state index is -1.57. The van der Waals surface area contributed by atoms with E-state index in [1.165, 1.54) is 0 Å². The molecule has 3 atom stereocenters. The number of urea groups is 1. The largest absolute Gasteiger partial charge is 0.496 e. The van der Waals surface area contributed by atoms with Gasteiger partial charge in [0.2, 0.25) is 5.91 Å². The molecule has 3 aliphatic rings. The molecule has 1 aromatic heterocycles. The standard InChI is InChI=1S/C30H30N4O5/c1-39-25-12-6-5-8-21(25)15-30(27(36)31-29(38)34(28(30)37)23-9-3-2-4-10-23)19-32-16-20-14-22(18-32)24-11-7-13-26(35)33(24)17-20/h2-13,20,22H,14-19H2,1H3,(H,31,36,38)/t20-,22-,30-/m0/s1. The SMILES string of the molecule is COc1ccccc1C[C@]1(CN2C[C@@H]3C[C@@H](C2)c2cccc(=O)n2C3)C(=O)NC(=O)N(c2ccccc2)C1=O. The molecule has 3 aliphatic heterocycles. The van der Waals surface area contributed by atoms with Crippen LogP contribution >= 0.6 is 0 Å². The molecule has 2 bridgehead atoms. The van der Waals surface area contributed by atoms with E-state index in [2.05, 4.69) is 10.2 Å². The Bertz CT molecular complexity index is 1500. The molecule has 0 unspecified atom stereocenters. The molecule has 9 heteroatoms. The van der Waals surface area contributed by atoms with Crippen LogP contribution in [0.25, 0.3) is 0 Å². The number of amides is 4. The van der Waals surface area contributed by atoms with E-state index < -0.39 is 23.3 Å². The van der Waals surface area contributed by atoms with Gasteiger partial charge in [-0.05, 0) is 42.2 Å². The number of nitrogens with one attached hydrogen (secondary N) is 1. The van der Waals surface area contributed by atoms with Crippen molar-refractivity contribution >= 4 is 23.5 Å². The highest BCUT2D eigenvalue weighted by Gasteiger charge is 2.56. The van der Waals surface area contributed by atoms with Gasteiger partial charge in [0.25, 0.3) is 11.5 Å². The molecule has 3 aromatic rings. The van der Waals surface area contributed by atoms with E-state index in [1.807, 2.05) is 28.8 Å². The van der Waals surface area contributed by atoms with Gasteiger partial charge in [0.05, 0.1) is 12.8 Å². The molecule has 6 rings (SSSR count). The van der Waals surface area contributed by atoms with Crippen molar-refractivity contribution in [2.45, 2.75) is 25.3 Å². The number of benzene rings is 2. The molecule has 200 valence electrons. The lowest BCUT2D eigenvalue weighted by molar-refractivity contribution is -0.144. The van der Waals surface area contributed by atoms with Crippen LogP contribution in [0.5, 0.6) is 5.75 Å². The molecule has 1 N–H and O–H groups in total. The zero-order valence-electron chi connectivity index (χ0n) is 21.7. The van der Waals surface area contributed by atoms with Crippen molar-refractivity contribution in [2.24, 2.45) is 11.3 Å². The molecule has 2 aromatic carbocycles. The number of rotatable bonds is 6. The first-order chi connectivity index (χ1) is 18.9. The Kier molecular flexibility index (Phi) is 6.31. The highest BCUT2D eigenvalue weighted by Crippen LogP contribution is 2.40. The second-order valence-electron chi connectivity index (χ2n) is 10.7. The molecule has 0 spiro atoms. The maximum atomic E-state index is 14.4. The summed E-state index contributed by atoms with van der Waals surface area (Å²) in [4.78, 5) is 56.9. The van der Waals surface area contributed by atoms with Crippen molar-refractivity contribution in [1.82, 2.24) is 14.8 Å². The number of fused-ring (bicyclic) bond motifs is 4. The predicted molar refractivity (Wildman–Crippen MR) is 145 cm³/mol. The lowest BCUT2D eigenvalue weighted by atomic mass is 9.75. The van der Waals surface area contributed by atoms with Gasteiger partial charge in [-0.25, -0.2) is 9.69 Å². The van der Waals surface area contributed by atoms with E-state index in [9.17, 15) is 19.2 Å². The van der Waals surface area contributed by atoms with E-state index in [0.717, 1.165) is 17.0 Å². The average Bonchev–Trinajstić information content (AvgIpc) is 2.93. The highest BCUT2D eigenvalue weighted by molar-refractivity contribution is 6.30. The number of hydrogen-bond donors (Lipinski definition) is 1. The smallest absolute Gasteiger partial charge is 0.335 e. The first-order valence-electron chi connectivity index (χ1n) is 13.2. The summed E-state index contributed by atoms with van der Waals surface area (Å²) in [5, 5.41) is 2.48. The molecule has 4 amide bonds. The van der Waals surface area contributed by atoms with E-state index in [-0.39, 0.29) is 30.4 Å². The topological polar surface area (TPSA) is 101 Å². The third kappa shape index (κ3) is 4.32. The number of ether oxygens (including phenoxy) is 1. The van der Waals surface area contributed by atoms with Gasteiger partial charge in [-0.15, -0.1) is 0 Å². The van der Waals surface area contributed by atoms with Crippen LogP contribution in [0.4, 0.5) is 10.5 Å². The maximum Gasteiger partial charge on any atom is 0.335 e. The first kappa shape index (κ1) is 25.1. The first-order valence-corrected chi connectivity index (χ1v) is 13.2. The summed E-state index contributed by atoms with van der Waals surface area (Å²) in [7, 11) is 1.55. The van der Waals surface area contributed by atoms with Crippen LogP contribution in [-0.4, -0.2) is 54.1 Å². The number of methoxy groups -OCH3 is 1. The summed E-state index contributed by atoms with van der Waals surface area (Å²) in [6, 6.07) is 20.6. The van der Waals surface area contributed by atoms with Gasteiger partial charge in [0.15, 0.2) is 0 Å². The number of barbiturate groups is 1. The van der Waals surface area contributed by atoms with E-state index in [0.29, 0.717) is 36.6 Å². The van der Waals surface area contributed by atoms with E-state index in [1.54, 1.807) is 55.6 Å². The van der Waals surface area contributed by atoms with Crippen LogP contribution in [0, 0.1) is 11.3 Å². The summed E-state index contributed by atoms with van der Waals surface area (Å²) < 4.78 is 7.42. The molecule has 0 aliphatic carbocycles. The van der Waals surface area contributed by atoms with Crippen molar-refractivity contribution in [3.63, 3.8) is 0 Å². The van der Waals surface area contributed by atoms with Crippen molar-refractivity contribution in [3.05, 3.63) is 94.4 Å². The lowest BCUT2D eigenvalue weighted by Gasteiger charge is -2.47. The summed E-state index contributed by atoms with van der Waals surface area (Å²) >= 11 is 0. The van der Waals surface area contributed by atoms with Crippen molar-refractivity contribution in [1.29, 1.82) is 0 Å². The zero-order chi connectivity index (χ0) is 27.1. The minimum absolute atomic E-state index is 0.00199. The van der Waals surface area contributed by atoms with Crippen LogP contribution in [0.3, 0.4) is 0 Å². The monoisotopic (exact) mass is 526 g/mol. The number of imide groups is 2. The van der Waals surface area contributed by atoms with Crippen molar-refractivity contribution < 1.29 is 19.1 Å². The average molecular weight is 527 g/mol. The van der Waals surface area contributed by atoms with Crippen molar-refractivity contribution in [2.75, 3.05) is 31.6 Å².